The first kappa shape index (κ1) is 13.3. The highest BCUT2D eigenvalue weighted by Crippen LogP contribution is 2.26. The quantitative estimate of drug-likeness (QED) is 0.775. The minimum absolute atomic E-state index is 0.0687. The highest BCUT2D eigenvalue weighted by molar-refractivity contribution is 7.99. The van der Waals surface area contributed by atoms with Gasteiger partial charge in [0, 0.05) is 17.6 Å². The topological polar surface area (TPSA) is 51.2 Å². The number of hydrogen-bond acceptors (Lipinski definition) is 4. The highest BCUT2D eigenvalue weighted by atomic mass is 32.2. The van der Waals surface area contributed by atoms with Crippen molar-refractivity contribution in [3.63, 3.8) is 0 Å². The van der Waals surface area contributed by atoms with E-state index in [1.807, 2.05) is 6.26 Å². The zero-order valence-electron chi connectivity index (χ0n) is 9.48. The van der Waals surface area contributed by atoms with Crippen LogP contribution in [0.15, 0.2) is 28.0 Å². The van der Waals surface area contributed by atoms with E-state index in [0.717, 1.165) is 5.56 Å². The van der Waals surface area contributed by atoms with Crippen LogP contribution in [-0.4, -0.2) is 26.7 Å². The first-order valence-corrected chi connectivity index (χ1v) is 7.82. The van der Waals surface area contributed by atoms with Crippen LogP contribution in [0.5, 0.6) is 0 Å². The number of carbonyl (C=O) groups excluding carboxylic acids is 1. The molecule has 0 aliphatic carbocycles. The van der Waals surface area contributed by atoms with Gasteiger partial charge in [-0.2, -0.15) is 0 Å². The zero-order chi connectivity index (χ0) is 12.3. The fourth-order valence-electron chi connectivity index (χ4n) is 1.42. The van der Waals surface area contributed by atoms with Crippen LogP contribution in [0.4, 0.5) is 0 Å². The van der Waals surface area contributed by atoms with Crippen molar-refractivity contribution in [3.8, 4) is 0 Å². The van der Waals surface area contributed by atoms with Crippen LogP contribution in [0.1, 0.15) is 12.5 Å². The van der Waals surface area contributed by atoms with Gasteiger partial charge in [-0.1, -0.05) is 6.07 Å². The van der Waals surface area contributed by atoms with E-state index >= 15 is 0 Å². The third-order valence-corrected chi connectivity index (χ3v) is 4.14. The number of sulfone groups is 1. The molecule has 0 aliphatic rings. The molecule has 3 nitrogen and oxygen atoms in total. The molecule has 0 heterocycles. The predicted octanol–water partition coefficient (Wildman–Crippen LogP) is 1.94. The molecule has 0 saturated heterocycles. The van der Waals surface area contributed by atoms with Gasteiger partial charge in [0.1, 0.15) is 5.78 Å². The van der Waals surface area contributed by atoms with Crippen LogP contribution in [0.3, 0.4) is 0 Å². The molecule has 0 radical (unpaired) electrons. The van der Waals surface area contributed by atoms with Gasteiger partial charge < -0.3 is 0 Å². The van der Waals surface area contributed by atoms with E-state index in [2.05, 4.69) is 0 Å². The fraction of sp³-hybridized carbons (Fsp3) is 0.364. The first-order valence-electron chi connectivity index (χ1n) is 4.71. The molecule has 0 aliphatic heterocycles. The lowest BCUT2D eigenvalue weighted by Gasteiger charge is -2.07. The third kappa shape index (κ3) is 3.35. The molecule has 16 heavy (non-hydrogen) atoms. The second-order valence-corrected chi connectivity index (χ2v) is 6.47. The summed E-state index contributed by atoms with van der Waals surface area (Å²) < 4.78 is 22.9. The van der Waals surface area contributed by atoms with Crippen LogP contribution < -0.4 is 0 Å². The Labute approximate surface area is 100 Å². The van der Waals surface area contributed by atoms with Crippen molar-refractivity contribution < 1.29 is 13.2 Å². The maximum absolute atomic E-state index is 11.5. The molecule has 0 N–H and O–H groups in total. The summed E-state index contributed by atoms with van der Waals surface area (Å²) in [6, 6.07) is 5.03. The van der Waals surface area contributed by atoms with Crippen LogP contribution in [0.25, 0.3) is 0 Å². The molecular formula is C11H14O3S2. The summed E-state index contributed by atoms with van der Waals surface area (Å²) >= 11 is 1.37. The summed E-state index contributed by atoms with van der Waals surface area (Å²) in [4.78, 5) is 12.0. The van der Waals surface area contributed by atoms with Crippen LogP contribution in [0, 0.1) is 0 Å². The van der Waals surface area contributed by atoms with Gasteiger partial charge in [-0.3, -0.25) is 4.79 Å². The van der Waals surface area contributed by atoms with E-state index < -0.39 is 9.84 Å². The van der Waals surface area contributed by atoms with Gasteiger partial charge in [0.2, 0.25) is 0 Å². The zero-order valence-corrected chi connectivity index (χ0v) is 11.1. The van der Waals surface area contributed by atoms with Crippen LogP contribution >= 0.6 is 11.8 Å². The molecule has 0 saturated carbocycles. The van der Waals surface area contributed by atoms with Crippen molar-refractivity contribution in [2.75, 3.05) is 12.5 Å². The average Bonchev–Trinajstić information content (AvgIpc) is 2.14. The second kappa shape index (κ2) is 5.01. The van der Waals surface area contributed by atoms with Crippen molar-refractivity contribution in [1.82, 2.24) is 0 Å². The first-order chi connectivity index (χ1) is 7.34. The summed E-state index contributed by atoms with van der Waals surface area (Å²) in [5.41, 5.74) is 0.851. The van der Waals surface area contributed by atoms with Gasteiger partial charge in [0.15, 0.2) is 9.84 Å². The minimum atomic E-state index is -3.20. The lowest BCUT2D eigenvalue weighted by Crippen LogP contribution is -2.02. The SMILES string of the molecule is CSc1cc(CC(C)=O)ccc1S(C)(=O)=O. The molecule has 0 amide bonds. The van der Waals surface area contributed by atoms with E-state index in [1.54, 1.807) is 18.2 Å². The number of benzene rings is 1. The second-order valence-electron chi connectivity index (χ2n) is 3.64. The van der Waals surface area contributed by atoms with Gasteiger partial charge in [-0.15, -0.1) is 11.8 Å². The number of carbonyl (C=O) groups is 1. The van der Waals surface area contributed by atoms with E-state index in [4.69, 9.17) is 0 Å². The summed E-state index contributed by atoms with van der Waals surface area (Å²) in [5, 5.41) is 0. The molecule has 88 valence electrons. The molecule has 1 aromatic carbocycles. The summed E-state index contributed by atoms with van der Waals surface area (Å²) in [7, 11) is -3.20. The molecule has 0 aromatic heterocycles. The van der Waals surface area contributed by atoms with Gasteiger partial charge in [0.25, 0.3) is 0 Å². The molecule has 0 atom stereocenters. The number of thioether (sulfide) groups is 1. The van der Waals surface area contributed by atoms with E-state index in [9.17, 15) is 13.2 Å². The van der Waals surface area contributed by atoms with E-state index in [0.29, 0.717) is 16.2 Å². The molecule has 5 heteroatoms. The van der Waals surface area contributed by atoms with Crippen molar-refractivity contribution in [3.05, 3.63) is 23.8 Å². The summed E-state index contributed by atoms with van der Waals surface area (Å²) in [6.45, 7) is 1.52. The standard InChI is InChI=1S/C11H14O3S2/c1-8(12)6-9-4-5-11(16(3,13)14)10(7-9)15-2/h4-5,7H,6H2,1-3H3. The Kier molecular flexibility index (Phi) is 4.15. The Bertz CT molecular complexity index is 504. The average molecular weight is 258 g/mol. The molecule has 0 spiro atoms. The number of ketones is 1. The smallest absolute Gasteiger partial charge is 0.176 e. The Morgan fingerprint density at radius 2 is 2.00 bits per heavy atom. The normalized spacial score (nSPS) is 11.4. The van der Waals surface area contributed by atoms with E-state index in [-0.39, 0.29) is 5.78 Å². The maximum atomic E-state index is 11.5. The van der Waals surface area contributed by atoms with Crippen molar-refractivity contribution in [2.24, 2.45) is 0 Å². The summed E-state index contributed by atoms with van der Waals surface area (Å²) in [5.74, 6) is 0.0687. The van der Waals surface area contributed by atoms with Crippen LogP contribution in [-0.2, 0) is 21.1 Å². The third-order valence-electron chi connectivity index (χ3n) is 2.08. The number of Topliss-reactive ketones (excluding diaryl/α,β-unsaturated/α-hetero) is 1. The lowest BCUT2D eigenvalue weighted by atomic mass is 10.1. The highest BCUT2D eigenvalue weighted by Gasteiger charge is 2.13. The largest absolute Gasteiger partial charge is 0.300 e. The Morgan fingerprint density at radius 3 is 2.44 bits per heavy atom. The van der Waals surface area contributed by atoms with E-state index in [1.165, 1.54) is 24.9 Å². The monoisotopic (exact) mass is 258 g/mol. The molecule has 0 unspecified atom stereocenters. The Hall–Kier alpha value is -0.810. The molecular weight excluding hydrogens is 244 g/mol. The molecule has 0 bridgehead atoms. The van der Waals surface area contributed by atoms with Crippen molar-refractivity contribution >= 4 is 27.4 Å². The molecule has 1 rings (SSSR count). The predicted molar refractivity (Wildman–Crippen MR) is 65.7 cm³/mol. The van der Waals surface area contributed by atoms with Gasteiger partial charge in [-0.05, 0) is 30.9 Å². The Balaban J connectivity index is 3.22. The molecule has 1 aromatic rings. The van der Waals surface area contributed by atoms with Crippen molar-refractivity contribution in [1.29, 1.82) is 0 Å². The number of hydrogen-bond donors (Lipinski definition) is 0. The Morgan fingerprint density at radius 1 is 1.38 bits per heavy atom. The fourth-order valence-corrected chi connectivity index (χ4v) is 3.40. The van der Waals surface area contributed by atoms with Crippen molar-refractivity contribution in [2.45, 2.75) is 23.1 Å². The lowest BCUT2D eigenvalue weighted by molar-refractivity contribution is -0.116. The van der Waals surface area contributed by atoms with Gasteiger partial charge in [0.05, 0.1) is 4.90 Å². The van der Waals surface area contributed by atoms with Gasteiger partial charge >= 0.3 is 0 Å². The van der Waals surface area contributed by atoms with Gasteiger partial charge in [-0.25, -0.2) is 8.42 Å². The maximum Gasteiger partial charge on any atom is 0.176 e. The van der Waals surface area contributed by atoms with Crippen LogP contribution in [0.2, 0.25) is 0 Å². The number of rotatable bonds is 4. The minimum Gasteiger partial charge on any atom is -0.300 e. The molecule has 0 fully saturated rings. The summed E-state index contributed by atoms with van der Waals surface area (Å²) in [6.07, 6.45) is 3.35.